The summed E-state index contributed by atoms with van der Waals surface area (Å²) in [7, 11) is 2.18. The first-order chi connectivity index (χ1) is 15.7. The Morgan fingerprint density at radius 3 is 2.09 bits per heavy atom. The van der Waals surface area contributed by atoms with Crippen LogP contribution in [0.3, 0.4) is 0 Å². The Morgan fingerprint density at radius 1 is 1.00 bits per heavy atom. The van der Waals surface area contributed by atoms with Gasteiger partial charge in [0.15, 0.2) is 0 Å². The molecule has 176 valence electrons. The van der Waals surface area contributed by atoms with Crippen LogP contribution < -0.4 is 10.6 Å². The summed E-state index contributed by atoms with van der Waals surface area (Å²) < 4.78 is 2.37. The van der Waals surface area contributed by atoms with Crippen molar-refractivity contribution in [1.29, 1.82) is 0 Å². The molecule has 0 saturated heterocycles. The van der Waals surface area contributed by atoms with Crippen LogP contribution >= 0.6 is 0 Å². The molecule has 4 heteroatoms. The van der Waals surface area contributed by atoms with Crippen molar-refractivity contribution in [2.24, 2.45) is 12.8 Å². The Kier molecular flexibility index (Phi) is 6.30. The second-order valence-electron chi connectivity index (χ2n) is 10.6. The van der Waals surface area contributed by atoms with E-state index < -0.39 is 0 Å². The number of para-hydroxylation sites is 2. The van der Waals surface area contributed by atoms with E-state index in [0.29, 0.717) is 18.4 Å². The molecule has 0 spiro atoms. The van der Waals surface area contributed by atoms with Gasteiger partial charge in [-0.2, -0.15) is 0 Å². The first-order valence-corrected chi connectivity index (χ1v) is 12.4. The van der Waals surface area contributed by atoms with E-state index in [1.54, 1.807) is 0 Å². The zero-order chi connectivity index (χ0) is 23.9. The van der Waals surface area contributed by atoms with Crippen LogP contribution in [0, 0.1) is 6.92 Å². The number of amides is 2. The number of carbonyl (C=O) groups is 1. The van der Waals surface area contributed by atoms with Crippen LogP contribution in [0.25, 0.3) is 10.9 Å². The fourth-order valence-corrected chi connectivity index (χ4v) is 6.25. The monoisotopic (exact) mass is 445 g/mol. The van der Waals surface area contributed by atoms with Gasteiger partial charge in [-0.15, -0.1) is 0 Å². The van der Waals surface area contributed by atoms with Crippen molar-refractivity contribution in [2.75, 3.05) is 11.4 Å². The van der Waals surface area contributed by atoms with Gasteiger partial charge in [0.05, 0.1) is 5.69 Å². The summed E-state index contributed by atoms with van der Waals surface area (Å²) in [6.07, 6.45) is 4.50. The van der Waals surface area contributed by atoms with Gasteiger partial charge in [0, 0.05) is 35.6 Å². The molecule has 3 aromatic rings. The summed E-state index contributed by atoms with van der Waals surface area (Å²) in [6, 6.07) is 14.7. The number of benzene rings is 2. The highest BCUT2D eigenvalue weighted by molar-refractivity contribution is 5.93. The molecule has 2 N–H and O–H groups in total. The third-order valence-electron chi connectivity index (χ3n) is 7.76. The van der Waals surface area contributed by atoms with Crippen LogP contribution in [0.2, 0.25) is 0 Å². The van der Waals surface area contributed by atoms with Crippen LogP contribution in [0.15, 0.2) is 42.5 Å². The molecule has 2 amide bonds. The minimum Gasteiger partial charge on any atom is -0.351 e. The quantitative estimate of drug-likeness (QED) is 0.431. The molecule has 1 saturated carbocycles. The minimum atomic E-state index is -0.354. The second-order valence-corrected chi connectivity index (χ2v) is 10.6. The molecule has 0 unspecified atom stereocenters. The molecular weight excluding hydrogens is 406 g/mol. The zero-order valence-corrected chi connectivity index (χ0v) is 21.1. The number of hydrogen-bond acceptors (Lipinski definition) is 1. The third-order valence-corrected chi connectivity index (χ3v) is 7.76. The maximum Gasteiger partial charge on any atom is 0.319 e. The normalized spacial score (nSPS) is 15.6. The maximum atomic E-state index is 13.1. The number of anilines is 1. The van der Waals surface area contributed by atoms with Crippen molar-refractivity contribution in [1.82, 2.24) is 4.57 Å². The van der Waals surface area contributed by atoms with Gasteiger partial charge in [-0.25, -0.2) is 4.79 Å². The lowest BCUT2D eigenvalue weighted by atomic mass is 9.79. The molecule has 33 heavy (non-hydrogen) atoms. The molecule has 1 heterocycles. The van der Waals surface area contributed by atoms with Crippen LogP contribution in [-0.4, -0.2) is 17.1 Å². The van der Waals surface area contributed by atoms with E-state index in [-0.39, 0.29) is 11.4 Å². The van der Waals surface area contributed by atoms with Crippen molar-refractivity contribution >= 4 is 22.6 Å². The number of nitrogens with two attached hydrogens (primary N) is 1. The molecule has 0 aliphatic heterocycles. The van der Waals surface area contributed by atoms with Gasteiger partial charge in [0.2, 0.25) is 0 Å². The lowest BCUT2D eigenvalue weighted by Gasteiger charge is -2.38. The highest BCUT2D eigenvalue weighted by atomic mass is 16.2. The summed E-state index contributed by atoms with van der Waals surface area (Å²) in [5.41, 5.74) is 13.4. The number of fused-ring (bicyclic) bond motifs is 1. The molecule has 1 aromatic heterocycles. The molecule has 4 nitrogen and oxygen atoms in total. The number of nitrogens with zero attached hydrogens (tertiary/aromatic N) is 2. The maximum absolute atomic E-state index is 13.1. The summed E-state index contributed by atoms with van der Waals surface area (Å²) in [5.74, 6) is 0.610. The standard InChI is InChI=1S/C29H39N3O/c1-19(2)22-13-11-14-23(20(3)4)26(22)32(28(30)33)18-29(16-9-10-17-29)27-21(5)24-12-7-8-15-25(24)31(27)6/h7-8,11-15,19-20H,9-10,16-18H2,1-6H3,(H2,30,33). The van der Waals surface area contributed by atoms with Crippen molar-refractivity contribution in [2.45, 2.75) is 77.6 Å². The molecule has 2 aromatic carbocycles. The highest BCUT2D eigenvalue weighted by Crippen LogP contribution is 2.47. The van der Waals surface area contributed by atoms with E-state index >= 15 is 0 Å². The lowest BCUT2D eigenvalue weighted by Crippen LogP contribution is -2.47. The molecule has 0 bridgehead atoms. The number of aryl methyl sites for hydroxylation is 2. The molecule has 0 radical (unpaired) electrons. The second kappa shape index (κ2) is 8.89. The van der Waals surface area contributed by atoms with Crippen molar-refractivity contribution in [3.8, 4) is 0 Å². The number of primary amides is 1. The molecule has 1 fully saturated rings. The topological polar surface area (TPSA) is 51.3 Å². The van der Waals surface area contributed by atoms with Gasteiger partial charge in [0.25, 0.3) is 0 Å². The van der Waals surface area contributed by atoms with Gasteiger partial charge in [-0.05, 0) is 54.4 Å². The Bertz CT molecular complexity index is 1100. The fourth-order valence-electron chi connectivity index (χ4n) is 6.25. The highest BCUT2D eigenvalue weighted by Gasteiger charge is 2.42. The SMILES string of the molecule is Cc1c(C2(CN(C(N)=O)c3c(C(C)C)cccc3C(C)C)CCCC2)n(C)c2ccccc12. The smallest absolute Gasteiger partial charge is 0.319 e. The molecular formula is C29H39N3O. The first kappa shape index (κ1) is 23.4. The van der Waals surface area contributed by atoms with Gasteiger partial charge in [0.1, 0.15) is 0 Å². The van der Waals surface area contributed by atoms with Crippen molar-refractivity contribution in [3.05, 3.63) is 64.8 Å². The first-order valence-electron chi connectivity index (χ1n) is 12.4. The van der Waals surface area contributed by atoms with Crippen molar-refractivity contribution < 1.29 is 4.79 Å². The van der Waals surface area contributed by atoms with Crippen LogP contribution in [0.4, 0.5) is 10.5 Å². The fraction of sp³-hybridized carbons (Fsp3) is 0.483. The summed E-state index contributed by atoms with van der Waals surface area (Å²) in [5, 5.41) is 1.30. The third kappa shape index (κ3) is 3.94. The van der Waals surface area contributed by atoms with Gasteiger partial charge in [-0.1, -0.05) is 76.9 Å². The number of rotatable bonds is 6. The minimum absolute atomic E-state index is 0.106. The largest absolute Gasteiger partial charge is 0.351 e. The Labute approximate surface area is 198 Å². The van der Waals surface area contributed by atoms with E-state index in [2.05, 4.69) is 88.7 Å². The lowest BCUT2D eigenvalue weighted by molar-refractivity contribution is 0.251. The summed E-state index contributed by atoms with van der Waals surface area (Å²) >= 11 is 0. The number of carbonyl (C=O) groups excluding carboxylic acids is 1. The van der Waals surface area contributed by atoms with Gasteiger partial charge >= 0.3 is 6.03 Å². The van der Waals surface area contributed by atoms with E-state index in [9.17, 15) is 4.79 Å². The zero-order valence-electron chi connectivity index (χ0n) is 21.1. The number of aromatic nitrogens is 1. The molecule has 1 aliphatic carbocycles. The van der Waals surface area contributed by atoms with Crippen molar-refractivity contribution in [3.63, 3.8) is 0 Å². The molecule has 4 rings (SSSR count). The van der Waals surface area contributed by atoms with Gasteiger partial charge < -0.3 is 10.3 Å². The summed E-state index contributed by atoms with van der Waals surface area (Å²) in [6.45, 7) is 11.6. The average molecular weight is 446 g/mol. The van der Waals surface area contributed by atoms with Gasteiger partial charge in [-0.3, -0.25) is 4.90 Å². The van der Waals surface area contributed by atoms with E-state index in [1.165, 1.54) is 46.1 Å². The van der Waals surface area contributed by atoms with E-state index in [4.69, 9.17) is 5.73 Å². The predicted octanol–water partition coefficient (Wildman–Crippen LogP) is 7.13. The van der Waals surface area contributed by atoms with Crippen LogP contribution in [-0.2, 0) is 12.5 Å². The number of hydrogen-bond donors (Lipinski definition) is 1. The van der Waals surface area contributed by atoms with Crippen LogP contribution in [0.1, 0.15) is 87.6 Å². The molecule has 0 atom stereocenters. The summed E-state index contributed by atoms with van der Waals surface area (Å²) in [4.78, 5) is 15.0. The predicted molar refractivity (Wildman–Crippen MR) is 139 cm³/mol. The Hall–Kier alpha value is -2.75. The Balaban J connectivity index is 1.91. The Morgan fingerprint density at radius 2 is 1.58 bits per heavy atom. The molecule has 1 aliphatic rings. The van der Waals surface area contributed by atoms with E-state index in [0.717, 1.165) is 18.5 Å². The number of urea groups is 1. The van der Waals surface area contributed by atoms with E-state index in [1.807, 2.05) is 4.90 Å². The van der Waals surface area contributed by atoms with Crippen LogP contribution in [0.5, 0.6) is 0 Å². The average Bonchev–Trinajstić information content (AvgIpc) is 3.35.